The van der Waals surface area contributed by atoms with Crippen LogP contribution in [0.4, 0.5) is 0 Å². The molecule has 2 fully saturated rings. The number of morpholine rings is 1. The van der Waals surface area contributed by atoms with Crippen LogP contribution < -0.4 is 10.6 Å². The molecule has 2 amide bonds. The zero-order valence-corrected chi connectivity index (χ0v) is 9.91. The van der Waals surface area contributed by atoms with Crippen LogP contribution >= 0.6 is 0 Å². The molecular formula is C11H19N3O3. The number of ether oxygens (including phenoxy) is 1. The molecule has 6 heteroatoms. The minimum atomic E-state index is -0.188. The van der Waals surface area contributed by atoms with Crippen LogP contribution in [0.15, 0.2) is 0 Å². The number of nitrogens with zero attached hydrogens (tertiary/aromatic N) is 1. The second-order valence-electron chi connectivity index (χ2n) is 4.45. The van der Waals surface area contributed by atoms with Crippen molar-refractivity contribution >= 4 is 11.8 Å². The van der Waals surface area contributed by atoms with Crippen LogP contribution in [0, 0.1) is 5.92 Å². The summed E-state index contributed by atoms with van der Waals surface area (Å²) in [5.41, 5.74) is 0. The summed E-state index contributed by atoms with van der Waals surface area (Å²) in [5.74, 6) is -0.234. The van der Waals surface area contributed by atoms with Gasteiger partial charge in [0.2, 0.25) is 11.8 Å². The molecular weight excluding hydrogens is 222 g/mol. The molecule has 17 heavy (non-hydrogen) atoms. The molecule has 2 N–H and O–H groups in total. The molecule has 0 bridgehead atoms. The molecule has 1 unspecified atom stereocenters. The number of carbonyl (C=O) groups excluding carboxylic acids is 2. The maximum Gasteiger partial charge on any atom is 0.225 e. The summed E-state index contributed by atoms with van der Waals surface area (Å²) in [6, 6.07) is 0. The van der Waals surface area contributed by atoms with E-state index in [-0.39, 0.29) is 17.7 Å². The summed E-state index contributed by atoms with van der Waals surface area (Å²) in [7, 11) is 0. The van der Waals surface area contributed by atoms with Crippen molar-refractivity contribution < 1.29 is 14.3 Å². The molecule has 2 aliphatic heterocycles. The van der Waals surface area contributed by atoms with Crippen LogP contribution in [-0.2, 0) is 14.3 Å². The van der Waals surface area contributed by atoms with Crippen LogP contribution in [0.3, 0.4) is 0 Å². The van der Waals surface area contributed by atoms with E-state index in [0.717, 1.165) is 32.8 Å². The molecule has 2 rings (SSSR count). The van der Waals surface area contributed by atoms with Gasteiger partial charge in [-0.05, 0) is 0 Å². The quantitative estimate of drug-likeness (QED) is 0.633. The highest BCUT2D eigenvalue weighted by atomic mass is 16.5. The van der Waals surface area contributed by atoms with Gasteiger partial charge >= 0.3 is 0 Å². The van der Waals surface area contributed by atoms with Gasteiger partial charge < -0.3 is 15.4 Å². The molecule has 1 atom stereocenters. The Labute approximate surface area is 101 Å². The summed E-state index contributed by atoms with van der Waals surface area (Å²) in [4.78, 5) is 24.9. The third-order valence-corrected chi connectivity index (χ3v) is 3.18. The number of carbonyl (C=O) groups is 2. The Balaban J connectivity index is 1.61. The van der Waals surface area contributed by atoms with Crippen LogP contribution in [0.2, 0.25) is 0 Å². The van der Waals surface area contributed by atoms with E-state index in [4.69, 9.17) is 4.74 Å². The van der Waals surface area contributed by atoms with Crippen molar-refractivity contribution in [3.8, 4) is 0 Å². The SMILES string of the molecule is O=C1CC(C(=O)NCCN2CCOCC2)CN1. The zero-order valence-electron chi connectivity index (χ0n) is 9.91. The van der Waals surface area contributed by atoms with Crippen molar-refractivity contribution in [2.75, 3.05) is 45.9 Å². The molecule has 0 saturated carbocycles. The zero-order chi connectivity index (χ0) is 12.1. The van der Waals surface area contributed by atoms with Crippen LogP contribution in [-0.4, -0.2) is 62.7 Å². The predicted octanol–water partition coefficient (Wildman–Crippen LogP) is -1.43. The van der Waals surface area contributed by atoms with E-state index in [2.05, 4.69) is 15.5 Å². The first-order valence-corrected chi connectivity index (χ1v) is 6.10. The molecule has 0 aromatic carbocycles. The third-order valence-electron chi connectivity index (χ3n) is 3.18. The molecule has 0 aromatic rings. The lowest BCUT2D eigenvalue weighted by Gasteiger charge is -2.26. The van der Waals surface area contributed by atoms with Crippen LogP contribution in [0.25, 0.3) is 0 Å². The first-order valence-electron chi connectivity index (χ1n) is 6.10. The minimum Gasteiger partial charge on any atom is -0.379 e. The highest BCUT2D eigenvalue weighted by Crippen LogP contribution is 2.08. The Hall–Kier alpha value is -1.14. The van der Waals surface area contributed by atoms with E-state index in [9.17, 15) is 9.59 Å². The molecule has 0 aromatic heterocycles. The fraction of sp³-hybridized carbons (Fsp3) is 0.818. The lowest BCUT2D eigenvalue weighted by atomic mass is 10.1. The van der Waals surface area contributed by atoms with E-state index in [1.165, 1.54) is 0 Å². The van der Waals surface area contributed by atoms with Gasteiger partial charge in [0.15, 0.2) is 0 Å². The van der Waals surface area contributed by atoms with Gasteiger partial charge in [0.05, 0.1) is 19.1 Å². The van der Waals surface area contributed by atoms with Crippen molar-refractivity contribution in [3.05, 3.63) is 0 Å². The van der Waals surface area contributed by atoms with Gasteiger partial charge in [-0.3, -0.25) is 14.5 Å². The molecule has 0 aliphatic carbocycles. The fourth-order valence-electron chi connectivity index (χ4n) is 2.10. The van der Waals surface area contributed by atoms with Crippen molar-refractivity contribution in [1.82, 2.24) is 15.5 Å². The standard InChI is InChI=1S/C11H19N3O3/c15-10-7-9(8-13-10)11(16)12-1-2-14-3-5-17-6-4-14/h9H,1-8H2,(H,12,16)(H,13,15). The van der Waals surface area contributed by atoms with E-state index < -0.39 is 0 Å². The highest BCUT2D eigenvalue weighted by Gasteiger charge is 2.27. The van der Waals surface area contributed by atoms with Crippen molar-refractivity contribution in [2.24, 2.45) is 5.92 Å². The summed E-state index contributed by atoms with van der Waals surface area (Å²) in [6.45, 7) is 5.37. The Bertz CT molecular complexity index is 290. The molecule has 2 heterocycles. The number of hydrogen-bond acceptors (Lipinski definition) is 4. The Morgan fingerprint density at radius 2 is 2.24 bits per heavy atom. The van der Waals surface area contributed by atoms with Gasteiger partial charge in [-0.15, -0.1) is 0 Å². The second-order valence-corrected chi connectivity index (χ2v) is 4.45. The van der Waals surface area contributed by atoms with Crippen molar-refractivity contribution in [3.63, 3.8) is 0 Å². The minimum absolute atomic E-state index is 0.0170. The number of hydrogen-bond donors (Lipinski definition) is 2. The molecule has 2 saturated heterocycles. The monoisotopic (exact) mass is 241 g/mol. The summed E-state index contributed by atoms with van der Waals surface area (Å²) in [5, 5.41) is 5.54. The third kappa shape index (κ3) is 3.67. The van der Waals surface area contributed by atoms with Crippen molar-refractivity contribution in [1.29, 1.82) is 0 Å². The Morgan fingerprint density at radius 3 is 2.88 bits per heavy atom. The first kappa shape index (κ1) is 12.3. The van der Waals surface area contributed by atoms with Gasteiger partial charge in [-0.25, -0.2) is 0 Å². The molecule has 0 spiro atoms. The Kier molecular flexibility index (Phi) is 4.33. The fourth-order valence-corrected chi connectivity index (χ4v) is 2.10. The van der Waals surface area contributed by atoms with Crippen LogP contribution in [0.5, 0.6) is 0 Å². The number of nitrogens with one attached hydrogen (secondary N) is 2. The number of amides is 2. The van der Waals surface area contributed by atoms with Gasteiger partial charge in [0, 0.05) is 39.1 Å². The van der Waals surface area contributed by atoms with E-state index in [0.29, 0.717) is 19.5 Å². The van der Waals surface area contributed by atoms with Gasteiger partial charge in [-0.2, -0.15) is 0 Å². The normalized spacial score (nSPS) is 25.6. The van der Waals surface area contributed by atoms with Crippen LogP contribution in [0.1, 0.15) is 6.42 Å². The lowest BCUT2D eigenvalue weighted by molar-refractivity contribution is -0.126. The predicted molar refractivity (Wildman–Crippen MR) is 61.4 cm³/mol. The Morgan fingerprint density at radius 1 is 1.47 bits per heavy atom. The van der Waals surface area contributed by atoms with Gasteiger partial charge in [0.25, 0.3) is 0 Å². The maximum absolute atomic E-state index is 11.7. The summed E-state index contributed by atoms with van der Waals surface area (Å²) < 4.78 is 5.25. The van der Waals surface area contributed by atoms with Gasteiger partial charge in [0.1, 0.15) is 0 Å². The molecule has 96 valence electrons. The number of rotatable bonds is 4. The molecule has 6 nitrogen and oxygen atoms in total. The maximum atomic E-state index is 11.7. The summed E-state index contributed by atoms with van der Waals surface area (Å²) in [6.07, 6.45) is 0.323. The first-order chi connectivity index (χ1) is 8.25. The average Bonchev–Trinajstić information content (AvgIpc) is 2.77. The van der Waals surface area contributed by atoms with Gasteiger partial charge in [-0.1, -0.05) is 0 Å². The highest BCUT2D eigenvalue weighted by molar-refractivity contribution is 5.89. The van der Waals surface area contributed by atoms with E-state index >= 15 is 0 Å². The molecule has 0 radical (unpaired) electrons. The topological polar surface area (TPSA) is 70.7 Å². The molecule has 2 aliphatic rings. The van der Waals surface area contributed by atoms with E-state index in [1.807, 2.05) is 0 Å². The van der Waals surface area contributed by atoms with Crippen molar-refractivity contribution in [2.45, 2.75) is 6.42 Å². The van der Waals surface area contributed by atoms with E-state index in [1.54, 1.807) is 0 Å². The average molecular weight is 241 g/mol. The second kappa shape index (κ2) is 5.97. The lowest BCUT2D eigenvalue weighted by Crippen LogP contribution is -2.42. The summed E-state index contributed by atoms with van der Waals surface area (Å²) >= 11 is 0. The smallest absolute Gasteiger partial charge is 0.225 e. The largest absolute Gasteiger partial charge is 0.379 e.